The summed E-state index contributed by atoms with van der Waals surface area (Å²) in [6.07, 6.45) is 0. The molecule has 0 radical (unpaired) electrons. The minimum atomic E-state index is -1.96. The number of aliphatic carboxylic acids is 1. The predicted octanol–water partition coefficient (Wildman–Crippen LogP) is 0.894. The second-order valence-corrected chi connectivity index (χ2v) is 2.74. The summed E-state index contributed by atoms with van der Waals surface area (Å²) in [6, 6.07) is -1.70. The van der Waals surface area contributed by atoms with Crippen LogP contribution in [-0.4, -0.2) is 16.2 Å². The van der Waals surface area contributed by atoms with Gasteiger partial charge in [-0.3, -0.25) is 4.79 Å². The lowest BCUT2D eigenvalue weighted by Gasteiger charge is -2.10. The summed E-state index contributed by atoms with van der Waals surface area (Å²) in [4.78, 5) is 10.4. The van der Waals surface area contributed by atoms with Crippen molar-refractivity contribution < 1.29 is 28.2 Å². The highest BCUT2D eigenvalue weighted by atomic mass is 19.2. The number of carboxylic acid groups (broad SMARTS) is 1. The molecule has 1 aromatic carbocycles. The number of phenols is 1. The summed E-state index contributed by atoms with van der Waals surface area (Å²) < 4.78 is 38.2. The molecule has 0 saturated heterocycles. The molecule has 0 unspecified atom stereocenters. The fourth-order valence-corrected chi connectivity index (χ4v) is 1.02. The molecule has 82 valence electrons. The molecule has 0 aliphatic rings. The maximum Gasteiger partial charge on any atom is 0.325 e. The van der Waals surface area contributed by atoms with Gasteiger partial charge >= 0.3 is 5.97 Å². The summed E-state index contributed by atoms with van der Waals surface area (Å²) in [7, 11) is 0. The Morgan fingerprint density at radius 3 is 2.33 bits per heavy atom. The SMILES string of the molecule is N[C@H](C(=O)O)c1c(O)cc(F)c(F)c1F. The average Bonchev–Trinajstić information content (AvgIpc) is 2.14. The normalized spacial score (nSPS) is 12.5. The van der Waals surface area contributed by atoms with Gasteiger partial charge in [0.2, 0.25) is 0 Å². The highest BCUT2D eigenvalue weighted by Gasteiger charge is 2.27. The molecule has 15 heavy (non-hydrogen) atoms. The molecule has 0 aliphatic carbocycles. The van der Waals surface area contributed by atoms with Gasteiger partial charge in [-0.05, 0) is 0 Å². The Hall–Kier alpha value is -1.76. The van der Waals surface area contributed by atoms with Gasteiger partial charge in [-0.15, -0.1) is 0 Å². The van der Waals surface area contributed by atoms with Crippen molar-refractivity contribution in [1.82, 2.24) is 0 Å². The smallest absolute Gasteiger partial charge is 0.325 e. The topological polar surface area (TPSA) is 83.6 Å². The fraction of sp³-hybridized carbons (Fsp3) is 0.125. The van der Waals surface area contributed by atoms with E-state index >= 15 is 0 Å². The van der Waals surface area contributed by atoms with E-state index in [1.54, 1.807) is 0 Å². The number of hydrogen-bond acceptors (Lipinski definition) is 3. The molecular formula is C8H6F3NO3. The first kappa shape index (κ1) is 11.3. The minimum absolute atomic E-state index is 0.260. The Morgan fingerprint density at radius 2 is 1.87 bits per heavy atom. The monoisotopic (exact) mass is 221 g/mol. The predicted molar refractivity (Wildman–Crippen MR) is 42.5 cm³/mol. The van der Waals surface area contributed by atoms with Gasteiger partial charge in [-0.1, -0.05) is 0 Å². The van der Waals surface area contributed by atoms with Gasteiger partial charge in [0, 0.05) is 6.07 Å². The van der Waals surface area contributed by atoms with Crippen molar-refractivity contribution in [3.63, 3.8) is 0 Å². The molecule has 0 amide bonds. The maximum atomic E-state index is 13.0. The van der Waals surface area contributed by atoms with Gasteiger partial charge < -0.3 is 15.9 Å². The summed E-state index contributed by atoms with van der Waals surface area (Å²) in [5, 5.41) is 17.5. The van der Waals surface area contributed by atoms with Gasteiger partial charge in [0.25, 0.3) is 0 Å². The van der Waals surface area contributed by atoms with E-state index in [0.717, 1.165) is 0 Å². The zero-order valence-corrected chi connectivity index (χ0v) is 7.17. The highest BCUT2D eigenvalue weighted by molar-refractivity contribution is 5.76. The lowest BCUT2D eigenvalue weighted by molar-refractivity contribution is -0.138. The zero-order valence-electron chi connectivity index (χ0n) is 7.17. The minimum Gasteiger partial charge on any atom is -0.507 e. The van der Waals surface area contributed by atoms with Gasteiger partial charge in [0.15, 0.2) is 17.5 Å². The van der Waals surface area contributed by atoms with Crippen LogP contribution in [0.15, 0.2) is 6.07 Å². The van der Waals surface area contributed by atoms with Crippen molar-refractivity contribution in [2.45, 2.75) is 6.04 Å². The van der Waals surface area contributed by atoms with Crippen LogP contribution in [0.2, 0.25) is 0 Å². The molecule has 0 fully saturated rings. The van der Waals surface area contributed by atoms with Crippen LogP contribution in [0.4, 0.5) is 13.2 Å². The van der Waals surface area contributed by atoms with E-state index in [9.17, 15) is 18.0 Å². The number of nitrogens with two attached hydrogens (primary N) is 1. The van der Waals surface area contributed by atoms with Crippen molar-refractivity contribution in [3.05, 3.63) is 29.1 Å². The van der Waals surface area contributed by atoms with E-state index in [-0.39, 0.29) is 6.07 Å². The van der Waals surface area contributed by atoms with E-state index < -0.39 is 40.8 Å². The Kier molecular flexibility index (Phi) is 2.85. The molecule has 0 aliphatic heterocycles. The fourth-order valence-electron chi connectivity index (χ4n) is 1.02. The van der Waals surface area contributed by atoms with E-state index in [4.69, 9.17) is 15.9 Å². The summed E-state index contributed by atoms with van der Waals surface area (Å²) in [5.74, 6) is -8.01. The average molecular weight is 221 g/mol. The van der Waals surface area contributed by atoms with Crippen molar-refractivity contribution in [3.8, 4) is 5.75 Å². The van der Waals surface area contributed by atoms with E-state index in [1.165, 1.54) is 0 Å². The number of rotatable bonds is 2. The van der Waals surface area contributed by atoms with E-state index in [2.05, 4.69) is 0 Å². The number of carboxylic acids is 1. The van der Waals surface area contributed by atoms with Crippen molar-refractivity contribution in [2.24, 2.45) is 5.73 Å². The summed E-state index contributed by atoms with van der Waals surface area (Å²) in [6.45, 7) is 0. The van der Waals surface area contributed by atoms with Crippen LogP contribution in [0.5, 0.6) is 5.75 Å². The van der Waals surface area contributed by atoms with Gasteiger partial charge in [-0.25, -0.2) is 13.2 Å². The van der Waals surface area contributed by atoms with Crippen LogP contribution in [0.3, 0.4) is 0 Å². The Balaban J connectivity index is 3.42. The lowest BCUT2D eigenvalue weighted by Crippen LogP contribution is -2.22. The Bertz CT molecular complexity index is 422. The van der Waals surface area contributed by atoms with E-state index in [1.807, 2.05) is 0 Å². The third-order valence-corrected chi connectivity index (χ3v) is 1.76. The molecule has 0 saturated carbocycles. The molecule has 0 bridgehead atoms. The number of halogens is 3. The number of carbonyl (C=O) groups is 1. The molecule has 4 nitrogen and oxygen atoms in total. The zero-order chi connectivity index (χ0) is 11.7. The second kappa shape index (κ2) is 3.77. The molecule has 4 N–H and O–H groups in total. The van der Waals surface area contributed by atoms with Crippen LogP contribution in [0.25, 0.3) is 0 Å². The molecule has 1 rings (SSSR count). The van der Waals surface area contributed by atoms with Crippen molar-refractivity contribution in [2.75, 3.05) is 0 Å². The van der Waals surface area contributed by atoms with Gasteiger partial charge in [0.1, 0.15) is 11.8 Å². The quantitative estimate of drug-likeness (QED) is 0.647. The largest absolute Gasteiger partial charge is 0.507 e. The molecule has 0 aromatic heterocycles. The summed E-state index contributed by atoms with van der Waals surface area (Å²) in [5.41, 5.74) is 3.98. The Morgan fingerprint density at radius 1 is 1.33 bits per heavy atom. The third kappa shape index (κ3) is 1.86. The molecule has 0 spiro atoms. The number of phenolic OH excluding ortho intramolecular Hbond substituents is 1. The number of benzene rings is 1. The van der Waals surface area contributed by atoms with Crippen LogP contribution in [-0.2, 0) is 4.79 Å². The standard InChI is InChI=1S/C8H6F3NO3/c9-2-1-3(13)4(6(11)5(2)10)7(12)8(14)15/h1,7,13H,12H2,(H,14,15)/t7-/m0/s1. The third-order valence-electron chi connectivity index (χ3n) is 1.76. The number of aromatic hydroxyl groups is 1. The van der Waals surface area contributed by atoms with Crippen LogP contribution < -0.4 is 5.73 Å². The number of hydrogen-bond donors (Lipinski definition) is 3. The molecule has 7 heteroatoms. The van der Waals surface area contributed by atoms with Gasteiger partial charge in [-0.2, -0.15) is 0 Å². The first-order valence-corrected chi connectivity index (χ1v) is 3.71. The van der Waals surface area contributed by atoms with Crippen molar-refractivity contribution >= 4 is 5.97 Å². The van der Waals surface area contributed by atoms with Crippen LogP contribution in [0.1, 0.15) is 11.6 Å². The van der Waals surface area contributed by atoms with Crippen molar-refractivity contribution in [1.29, 1.82) is 0 Å². The molecule has 0 heterocycles. The Labute approximate surface area is 81.7 Å². The lowest BCUT2D eigenvalue weighted by atomic mass is 10.1. The summed E-state index contributed by atoms with van der Waals surface area (Å²) >= 11 is 0. The molecule has 1 aromatic rings. The highest BCUT2D eigenvalue weighted by Crippen LogP contribution is 2.29. The molecule has 1 atom stereocenters. The van der Waals surface area contributed by atoms with Crippen LogP contribution in [0, 0.1) is 17.5 Å². The van der Waals surface area contributed by atoms with Gasteiger partial charge in [0.05, 0.1) is 5.56 Å². The second-order valence-electron chi connectivity index (χ2n) is 2.74. The van der Waals surface area contributed by atoms with Crippen LogP contribution >= 0.6 is 0 Å². The maximum absolute atomic E-state index is 13.0. The van der Waals surface area contributed by atoms with E-state index in [0.29, 0.717) is 0 Å². The first-order chi connectivity index (χ1) is 6.86. The first-order valence-electron chi connectivity index (χ1n) is 3.71. The molecular weight excluding hydrogens is 215 g/mol.